The number of rotatable bonds is 0. The zero-order valence-electron chi connectivity index (χ0n) is 13.0. The molecule has 0 aromatic heterocycles. The van der Waals surface area contributed by atoms with Crippen LogP contribution in [0.4, 0.5) is 11.4 Å². The Bertz CT molecular complexity index is 660. The van der Waals surface area contributed by atoms with Gasteiger partial charge in [-0.25, -0.2) is 0 Å². The normalized spacial score (nSPS) is 16.1. The quantitative estimate of drug-likeness (QED) is 0.675. The van der Waals surface area contributed by atoms with Crippen LogP contribution in [0.3, 0.4) is 0 Å². The van der Waals surface area contributed by atoms with E-state index in [-0.39, 0.29) is 10.8 Å². The third-order valence-corrected chi connectivity index (χ3v) is 4.43. The van der Waals surface area contributed by atoms with E-state index in [9.17, 15) is 0 Å². The van der Waals surface area contributed by atoms with Crippen LogP contribution in [0.1, 0.15) is 51.3 Å². The van der Waals surface area contributed by atoms with Crippen molar-refractivity contribution in [2.75, 3.05) is 5.32 Å². The van der Waals surface area contributed by atoms with Crippen molar-refractivity contribution < 1.29 is 0 Å². The first kappa shape index (κ1) is 13.2. The molecule has 2 aromatic carbocycles. The van der Waals surface area contributed by atoms with Crippen LogP contribution in [0.15, 0.2) is 42.5 Å². The molecule has 0 amide bonds. The van der Waals surface area contributed by atoms with Gasteiger partial charge in [0.05, 0.1) is 0 Å². The maximum Gasteiger partial charge on any atom is 0.0426 e. The first-order valence-corrected chi connectivity index (χ1v) is 7.32. The van der Waals surface area contributed by atoms with Crippen molar-refractivity contribution in [2.45, 2.75) is 45.4 Å². The van der Waals surface area contributed by atoms with Gasteiger partial charge in [-0.15, -0.1) is 0 Å². The maximum absolute atomic E-state index is 3.57. The fourth-order valence-electron chi connectivity index (χ4n) is 3.06. The summed E-state index contributed by atoms with van der Waals surface area (Å²) >= 11 is 0. The van der Waals surface area contributed by atoms with Crippen molar-refractivity contribution >= 4 is 11.4 Å². The molecule has 1 N–H and O–H groups in total. The fourth-order valence-corrected chi connectivity index (χ4v) is 3.06. The monoisotopic (exact) mass is 265 g/mol. The Morgan fingerprint density at radius 3 is 2.20 bits per heavy atom. The Kier molecular flexibility index (Phi) is 2.72. The van der Waals surface area contributed by atoms with E-state index in [0.29, 0.717) is 0 Å². The van der Waals surface area contributed by atoms with E-state index >= 15 is 0 Å². The molecule has 1 heteroatoms. The second kappa shape index (κ2) is 4.12. The summed E-state index contributed by atoms with van der Waals surface area (Å²) in [5.41, 5.74) is 6.85. The highest BCUT2D eigenvalue weighted by atomic mass is 14.9. The van der Waals surface area contributed by atoms with Crippen LogP contribution >= 0.6 is 0 Å². The van der Waals surface area contributed by atoms with Crippen LogP contribution in [0.25, 0.3) is 0 Å². The van der Waals surface area contributed by atoms with Crippen LogP contribution in [0.2, 0.25) is 0 Å². The molecule has 20 heavy (non-hydrogen) atoms. The SMILES string of the molecule is CC(C)(C)c1ccc2c(c1)C(C)(C)c1ccccc1N2. The smallest absolute Gasteiger partial charge is 0.0426 e. The number of hydrogen-bond acceptors (Lipinski definition) is 1. The third kappa shape index (κ3) is 1.93. The van der Waals surface area contributed by atoms with Crippen LogP contribution < -0.4 is 5.32 Å². The first-order valence-electron chi connectivity index (χ1n) is 7.32. The van der Waals surface area contributed by atoms with Gasteiger partial charge in [-0.2, -0.15) is 0 Å². The molecule has 0 spiro atoms. The van der Waals surface area contributed by atoms with Gasteiger partial charge in [0, 0.05) is 16.8 Å². The third-order valence-electron chi connectivity index (χ3n) is 4.43. The minimum atomic E-state index is 0.0401. The van der Waals surface area contributed by atoms with E-state index in [1.54, 1.807) is 0 Å². The Morgan fingerprint density at radius 2 is 1.50 bits per heavy atom. The molecule has 0 unspecified atom stereocenters. The van der Waals surface area contributed by atoms with Crippen molar-refractivity contribution in [1.29, 1.82) is 0 Å². The minimum absolute atomic E-state index is 0.0401. The average molecular weight is 265 g/mol. The van der Waals surface area contributed by atoms with Crippen molar-refractivity contribution in [2.24, 2.45) is 0 Å². The van der Waals surface area contributed by atoms with Crippen molar-refractivity contribution in [1.82, 2.24) is 0 Å². The molecular formula is C19H23N. The lowest BCUT2D eigenvalue weighted by molar-refractivity contribution is 0.581. The molecule has 0 aliphatic carbocycles. The van der Waals surface area contributed by atoms with Gasteiger partial charge in [-0.05, 0) is 34.2 Å². The highest BCUT2D eigenvalue weighted by molar-refractivity contribution is 5.75. The molecule has 0 radical (unpaired) electrons. The summed E-state index contributed by atoms with van der Waals surface area (Å²) < 4.78 is 0. The van der Waals surface area contributed by atoms with E-state index in [1.807, 2.05) is 0 Å². The largest absolute Gasteiger partial charge is 0.355 e. The summed E-state index contributed by atoms with van der Waals surface area (Å²) in [6, 6.07) is 15.5. The maximum atomic E-state index is 3.57. The van der Waals surface area contributed by atoms with Crippen LogP contribution in [0, 0.1) is 0 Å². The summed E-state index contributed by atoms with van der Waals surface area (Å²) in [6.07, 6.45) is 0. The molecule has 0 atom stereocenters. The van der Waals surface area contributed by atoms with E-state index in [4.69, 9.17) is 0 Å². The standard InChI is InChI=1S/C19H23N/c1-18(2,3)13-10-11-17-15(12-13)19(4,5)14-8-6-7-9-16(14)20-17/h6-12,20H,1-5H3. The Hall–Kier alpha value is -1.76. The van der Waals surface area contributed by atoms with Gasteiger partial charge in [0.2, 0.25) is 0 Å². The molecule has 2 aromatic rings. The van der Waals surface area contributed by atoms with Crippen molar-refractivity contribution in [3.8, 4) is 0 Å². The molecule has 0 saturated heterocycles. The Balaban J connectivity index is 2.20. The summed E-state index contributed by atoms with van der Waals surface area (Å²) in [4.78, 5) is 0. The molecule has 0 fully saturated rings. The number of benzene rings is 2. The topological polar surface area (TPSA) is 12.0 Å². The molecule has 1 heterocycles. The zero-order valence-corrected chi connectivity index (χ0v) is 13.0. The fraction of sp³-hybridized carbons (Fsp3) is 0.368. The molecule has 1 aliphatic rings. The van der Waals surface area contributed by atoms with Gasteiger partial charge >= 0.3 is 0 Å². The molecule has 104 valence electrons. The van der Waals surface area contributed by atoms with Crippen LogP contribution in [0.5, 0.6) is 0 Å². The molecule has 0 saturated carbocycles. The Labute approximate surface area is 122 Å². The minimum Gasteiger partial charge on any atom is -0.355 e. The molecule has 0 bridgehead atoms. The second-order valence-electron chi connectivity index (χ2n) is 7.31. The molecule has 3 rings (SSSR count). The van der Waals surface area contributed by atoms with Gasteiger partial charge < -0.3 is 5.32 Å². The zero-order chi connectivity index (χ0) is 14.5. The number of nitrogens with one attached hydrogen (secondary N) is 1. The molecular weight excluding hydrogens is 242 g/mol. The van der Waals surface area contributed by atoms with Gasteiger partial charge in [0.15, 0.2) is 0 Å². The van der Waals surface area contributed by atoms with E-state index in [2.05, 4.69) is 82.4 Å². The lowest BCUT2D eigenvalue weighted by Gasteiger charge is -2.37. The summed E-state index contributed by atoms with van der Waals surface area (Å²) in [7, 11) is 0. The highest BCUT2D eigenvalue weighted by Gasteiger charge is 2.33. The van der Waals surface area contributed by atoms with E-state index in [0.717, 1.165) is 0 Å². The number of anilines is 2. The Morgan fingerprint density at radius 1 is 0.850 bits per heavy atom. The molecule has 1 nitrogen and oxygen atoms in total. The summed E-state index contributed by atoms with van der Waals surface area (Å²) in [6.45, 7) is 11.4. The van der Waals surface area contributed by atoms with Crippen molar-refractivity contribution in [3.63, 3.8) is 0 Å². The van der Waals surface area contributed by atoms with Crippen molar-refractivity contribution in [3.05, 3.63) is 59.2 Å². The highest BCUT2D eigenvalue weighted by Crippen LogP contribution is 2.46. The first-order chi connectivity index (χ1) is 9.30. The van der Waals surface area contributed by atoms with E-state index in [1.165, 1.54) is 28.1 Å². The van der Waals surface area contributed by atoms with Crippen LogP contribution in [-0.2, 0) is 10.8 Å². The molecule has 1 aliphatic heterocycles. The number of hydrogen-bond donors (Lipinski definition) is 1. The lowest BCUT2D eigenvalue weighted by Crippen LogP contribution is -2.27. The average Bonchev–Trinajstić information content (AvgIpc) is 2.37. The predicted molar refractivity (Wildman–Crippen MR) is 87.0 cm³/mol. The summed E-state index contributed by atoms with van der Waals surface area (Å²) in [5, 5.41) is 3.57. The number of fused-ring (bicyclic) bond motifs is 2. The van der Waals surface area contributed by atoms with Gasteiger partial charge in [0.25, 0.3) is 0 Å². The van der Waals surface area contributed by atoms with Crippen LogP contribution in [-0.4, -0.2) is 0 Å². The lowest BCUT2D eigenvalue weighted by atomic mass is 9.72. The second-order valence-corrected chi connectivity index (χ2v) is 7.31. The predicted octanol–water partition coefficient (Wildman–Crippen LogP) is 5.37. The number of para-hydroxylation sites is 1. The van der Waals surface area contributed by atoms with E-state index < -0.39 is 0 Å². The summed E-state index contributed by atoms with van der Waals surface area (Å²) in [5.74, 6) is 0. The van der Waals surface area contributed by atoms with Gasteiger partial charge in [-0.3, -0.25) is 0 Å². The van der Waals surface area contributed by atoms with Gasteiger partial charge in [0.1, 0.15) is 0 Å². The van der Waals surface area contributed by atoms with Gasteiger partial charge in [-0.1, -0.05) is 65.0 Å².